The normalized spacial score (nSPS) is 10.3. The third-order valence-electron chi connectivity index (χ3n) is 1.62. The molecule has 1 aromatic heterocycles. The van der Waals surface area contributed by atoms with Crippen LogP contribution in [0.5, 0.6) is 0 Å². The van der Waals surface area contributed by atoms with Gasteiger partial charge in [-0.1, -0.05) is 0 Å². The van der Waals surface area contributed by atoms with E-state index in [1.54, 1.807) is 19.5 Å². The van der Waals surface area contributed by atoms with Crippen LogP contribution in [0, 0.1) is 6.92 Å². The molecule has 0 atom stereocenters. The van der Waals surface area contributed by atoms with Gasteiger partial charge < -0.3 is 10.1 Å². The van der Waals surface area contributed by atoms with Gasteiger partial charge in [-0.25, -0.2) is 0 Å². The highest BCUT2D eigenvalue weighted by atomic mass is 16.5. The van der Waals surface area contributed by atoms with Crippen LogP contribution in [0.1, 0.15) is 11.4 Å². The fraction of sp³-hybridized carbons (Fsp3) is 0.556. The summed E-state index contributed by atoms with van der Waals surface area (Å²) in [7, 11) is 1.69. The summed E-state index contributed by atoms with van der Waals surface area (Å²) in [4.78, 5) is 8.35. The van der Waals surface area contributed by atoms with Gasteiger partial charge in [-0.05, 0) is 6.92 Å². The fourth-order valence-electron chi connectivity index (χ4n) is 0.901. The largest absolute Gasteiger partial charge is 0.383 e. The molecule has 0 bridgehead atoms. The Morgan fingerprint density at radius 3 is 2.85 bits per heavy atom. The van der Waals surface area contributed by atoms with E-state index < -0.39 is 0 Å². The van der Waals surface area contributed by atoms with Crippen LogP contribution < -0.4 is 5.32 Å². The third-order valence-corrected chi connectivity index (χ3v) is 1.62. The predicted octanol–water partition coefficient (Wildman–Crippen LogP) is 0.521. The number of aryl methyl sites for hydroxylation is 1. The molecule has 1 aromatic rings. The molecule has 4 heteroatoms. The van der Waals surface area contributed by atoms with Gasteiger partial charge in [0.15, 0.2) is 0 Å². The second-order valence-corrected chi connectivity index (χ2v) is 2.82. The SMILES string of the molecule is COCCNCc1cnc(C)cn1. The Balaban J connectivity index is 2.25. The molecule has 0 aliphatic rings. The van der Waals surface area contributed by atoms with Crippen molar-refractivity contribution in [3.63, 3.8) is 0 Å². The molecule has 1 rings (SSSR count). The highest BCUT2D eigenvalue weighted by molar-refractivity contribution is 4.99. The molecule has 4 nitrogen and oxygen atoms in total. The molecule has 0 fully saturated rings. The first-order valence-electron chi connectivity index (χ1n) is 4.30. The number of ether oxygens (including phenoxy) is 1. The van der Waals surface area contributed by atoms with Gasteiger partial charge in [0, 0.05) is 32.6 Å². The number of hydrogen-bond acceptors (Lipinski definition) is 4. The highest BCUT2D eigenvalue weighted by Crippen LogP contribution is 1.92. The summed E-state index contributed by atoms with van der Waals surface area (Å²) >= 11 is 0. The van der Waals surface area contributed by atoms with Crippen LogP contribution in [0.15, 0.2) is 12.4 Å². The second-order valence-electron chi connectivity index (χ2n) is 2.82. The van der Waals surface area contributed by atoms with Gasteiger partial charge in [0.1, 0.15) is 0 Å². The average Bonchev–Trinajstić information content (AvgIpc) is 2.15. The van der Waals surface area contributed by atoms with E-state index in [2.05, 4.69) is 15.3 Å². The molecule has 0 aromatic carbocycles. The number of aromatic nitrogens is 2. The standard InChI is InChI=1S/C9H15N3O/c1-8-5-12-9(7-11-8)6-10-3-4-13-2/h5,7,10H,3-4,6H2,1-2H3. The van der Waals surface area contributed by atoms with E-state index in [0.717, 1.165) is 31.1 Å². The van der Waals surface area contributed by atoms with E-state index >= 15 is 0 Å². The van der Waals surface area contributed by atoms with Crippen molar-refractivity contribution in [2.45, 2.75) is 13.5 Å². The molecular formula is C9H15N3O. The zero-order valence-electron chi connectivity index (χ0n) is 8.08. The molecule has 1 heterocycles. The maximum atomic E-state index is 4.90. The molecule has 0 saturated heterocycles. The summed E-state index contributed by atoms with van der Waals surface area (Å²) in [5.41, 5.74) is 1.90. The topological polar surface area (TPSA) is 47.0 Å². The molecular weight excluding hydrogens is 166 g/mol. The van der Waals surface area contributed by atoms with Crippen LogP contribution in [0.3, 0.4) is 0 Å². The van der Waals surface area contributed by atoms with Gasteiger partial charge in [0.25, 0.3) is 0 Å². The van der Waals surface area contributed by atoms with Crippen LogP contribution in [0.25, 0.3) is 0 Å². The first-order valence-corrected chi connectivity index (χ1v) is 4.30. The average molecular weight is 181 g/mol. The quantitative estimate of drug-likeness (QED) is 0.673. The summed E-state index contributed by atoms with van der Waals surface area (Å²) in [6.45, 7) is 4.23. The van der Waals surface area contributed by atoms with Gasteiger partial charge in [0.2, 0.25) is 0 Å². The van der Waals surface area contributed by atoms with Crippen molar-refractivity contribution in [2.75, 3.05) is 20.3 Å². The third kappa shape index (κ3) is 3.96. The molecule has 0 unspecified atom stereocenters. The first-order chi connectivity index (χ1) is 6.33. The Morgan fingerprint density at radius 1 is 1.38 bits per heavy atom. The molecule has 0 saturated carbocycles. The van der Waals surface area contributed by atoms with E-state index in [1.165, 1.54) is 0 Å². The van der Waals surface area contributed by atoms with Crippen LogP contribution in [0.2, 0.25) is 0 Å². The predicted molar refractivity (Wildman–Crippen MR) is 50.4 cm³/mol. The summed E-state index contributed by atoms with van der Waals surface area (Å²) in [6.07, 6.45) is 3.56. The lowest BCUT2D eigenvalue weighted by molar-refractivity contribution is 0.199. The molecule has 0 aliphatic heterocycles. The van der Waals surface area contributed by atoms with Crippen molar-refractivity contribution < 1.29 is 4.74 Å². The van der Waals surface area contributed by atoms with E-state index in [0.29, 0.717) is 0 Å². The molecule has 13 heavy (non-hydrogen) atoms. The molecule has 72 valence electrons. The number of nitrogens with one attached hydrogen (secondary N) is 1. The van der Waals surface area contributed by atoms with E-state index in [-0.39, 0.29) is 0 Å². The molecule has 0 aliphatic carbocycles. The van der Waals surface area contributed by atoms with Gasteiger partial charge in [-0.3, -0.25) is 9.97 Å². The minimum Gasteiger partial charge on any atom is -0.383 e. The highest BCUT2D eigenvalue weighted by Gasteiger charge is 1.93. The number of methoxy groups -OCH3 is 1. The van der Waals surface area contributed by atoms with Gasteiger partial charge in [0.05, 0.1) is 18.0 Å². The Labute approximate surface area is 78.4 Å². The smallest absolute Gasteiger partial charge is 0.0724 e. The van der Waals surface area contributed by atoms with Crippen LogP contribution in [-0.2, 0) is 11.3 Å². The Kier molecular flexibility index (Phi) is 4.35. The van der Waals surface area contributed by atoms with E-state index in [1.807, 2.05) is 6.92 Å². The van der Waals surface area contributed by atoms with Crippen molar-refractivity contribution in [2.24, 2.45) is 0 Å². The van der Waals surface area contributed by atoms with Crippen LogP contribution in [-0.4, -0.2) is 30.2 Å². The number of rotatable bonds is 5. The maximum absolute atomic E-state index is 4.90. The first kappa shape index (κ1) is 10.1. The van der Waals surface area contributed by atoms with E-state index in [9.17, 15) is 0 Å². The maximum Gasteiger partial charge on any atom is 0.0724 e. The van der Waals surface area contributed by atoms with Gasteiger partial charge >= 0.3 is 0 Å². The summed E-state index contributed by atoms with van der Waals surface area (Å²) < 4.78 is 4.90. The van der Waals surface area contributed by atoms with Crippen LogP contribution in [0.4, 0.5) is 0 Å². The lowest BCUT2D eigenvalue weighted by atomic mass is 10.4. The fourth-order valence-corrected chi connectivity index (χ4v) is 0.901. The zero-order chi connectivity index (χ0) is 9.52. The summed E-state index contributed by atoms with van der Waals surface area (Å²) in [5, 5.41) is 3.19. The van der Waals surface area contributed by atoms with Crippen molar-refractivity contribution in [1.82, 2.24) is 15.3 Å². The monoisotopic (exact) mass is 181 g/mol. The Bertz CT molecular complexity index is 235. The molecule has 0 spiro atoms. The van der Waals surface area contributed by atoms with Gasteiger partial charge in [-0.2, -0.15) is 0 Å². The second kappa shape index (κ2) is 5.61. The van der Waals surface area contributed by atoms with E-state index in [4.69, 9.17) is 4.74 Å². The van der Waals surface area contributed by atoms with Gasteiger partial charge in [-0.15, -0.1) is 0 Å². The minimum atomic E-state index is 0.722. The lowest BCUT2D eigenvalue weighted by Gasteiger charge is -2.02. The summed E-state index contributed by atoms with van der Waals surface area (Å²) in [6, 6.07) is 0. The molecule has 1 N–H and O–H groups in total. The number of nitrogens with zero attached hydrogens (tertiary/aromatic N) is 2. The summed E-state index contributed by atoms with van der Waals surface area (Å²) in [5.74, 6) is 0. The zero-order valence-corrected chi connectivity index (χ0v) is 8.08. The van der Waals surface area contributed by atoms with Crippen molar-refractivity contribution in [1.29, 1.82) is 0 Å². The minimum absolute atomic E-state index is 0.722. The number of hydrogen-bond donors (Lipinski definition) is 1. The Morgan fingerprint density at radius 2 is 2.23 bits per heavy atom. The van der Waals surface area contributed by atoms with Crippen LogP contribution >= 0.6 is 0 Å². The molecule has 0 radical (unpaired) electrons. The molecule has 0 amide bonds. The van der Waals surface area contributed by atoms with Crippen molar-refractivity contribution in [3.8, 4) is 0 Å². The lowest BCUT2D eigenvalue weighted by Crippen LogP contribution is -2.19. The van der Waals surface area contributed by atoms with Crippen molar-refractivity contribution in [3.05, 3.63) is 23.8 Å². The Hall–Kier alpha value is -1.00. The van der Waals surface area contributed by atoms with Crippen molar-refractivity contribution >= 4 is 0 Å².